The van der Waals surface area contributed by atoms with Gasteiger partial charge in [-0.25, -0.2) is 0 Å². The maximum absolute atomic E-state index is 12.0. The Morgan fingerprint density at radius 2 is 1.57 bits per heavy atom. The first-order valence-corrected chi connectivity index (χ1v) is 7.46. The van der Waals surface area contributed by atoms with Crippen molar-refractivity contribution in [1.29, 1.82) is 0 Å². The molecule has 0 radical (unpaired) electrons. The Kier molecular flexibility index (Phi) is 5.57. The summed E-state index contributed by atoms with van der Waals surface area (Å²) in [6.07, 6.45) is 0. The molecule has 0 aliphatic heterocycles. The first kappa shape index (κ1) is 17.7. The number of hydrogen-bond donors (Lipinski definition) is 0. The molecular formula is C18H29NO2. The summed E-state index contributed by atoms with van der Waals surface area (Å²) in [5.41, 5.74) is 2.30. The van der Waals surface area contributed by atoms with Crippen molar-refractivity contribution >= 4 is 5.91 Å². The first-order chi connectivity index (χ1) is 9.49. The molecule has 0 bridgehead atoms. The lowest BCUT2D eigenvalue weighted by Gasteiger charge is -2.23. The fourth-order valence-corrected chi connectivity index (χ4v) is 1.86. The Morgan fingerprint density at radius 1 is 1.05 bits per heavy atom. The summed E-state index contributed by atoms with van der Waals surface area (Å²) in [5, 5.41) is 0. The fourth-order valence-electron chi connectivity index (χ4n) is 1.86. The predicted octanol–water partition coefficient (Wildman–Crippen LogP) is 3.76. The van der Waals surface area contributed by atoms with Crippen LogP contribution < -0.4 is 0 Å². The van der Waals surface area contributed by atoms with E-state index in [0.717, 1.165) is 5.56 Å². The SMILES string of the molecule is CN(Cc1ccc(C(C)(C)C)cc1)C(=O)COC(C)(C)C. The highest BCUT2D eigenvalue weighted by Gasteiger charge is 2.16. The molecule has 1 amide bonds. The van der Waals surface area contributed by atoms with Crippen LogP contribution in [0.25, 0.3) is 0 Å². The lowest BCUT2D eigenvalue weighted by molar-refractivity contribution is -0.140. The zero-order chi connectivity index (χ0) is 16.3. The molecule has 0 aliphatic carbocycles. The van der Waals surface area contributed by atoms with Crippen molar-refractivity contribution in [2.24, 2.45) is 0 Å². The summed E-state index contributed by atoms with van der Waals surface area (Å²) < 4.78 is 5.52. The van der Waals surface area contributed by atoms with Gasteiger partial charge in [-0.3, -0.25) is 4.79 Å². The quantitative estimate of drug-likeness (QED) is 0.845. The number of ether oxygens (including phenoxy) is 1. The van der Waals surface area contributed by atoms with Crippen LogP contribution in [-0.4, -0.2) is 30.1 Å². The van der Waals surface area contributed by atoms with Crippen molar-refractivity contribution in [3.8, 4) is 0 Å². The Morgan fingerprint density at radius 3 is 2.00 bits per heavy atom. The molecule has 0 saturated heterocycles. The van der Waals surface area contributed by atoms with Gasteiger partial charge in [0.15, 0.2) is 0 Å². The highest BCUT2D eigenvalue weighted by atomic mass is 16.5. The minimum Gasteiger partial charge on any atom is -0.366 e. The summed E-state index contributed by atoms with van der Waals surface area (Å²) in [7, 11) is 1.81. The summed E-state index contributed by atoms with van der Waals surface area (Å²) >= 11 is 0. The van der Waals surface area contributed by atoms with E-state index in [9.17, 15) is 4.79 Å². The van der Waals surface area contributed by atoms with Crippen LogP contribution in [0.15, 0.2) is 24.3 Å². The van der Waals surface area contributed by atoms with E-state index in [1.54, 1.807) is 4.90 Å². The summed E-state index contributed by atoms with van der Waals surface area (Å²) in [6.45, 7) is 13.2. The van der Waals surface area contributed by atoms with E-state index < -0.39 is 0 Å². The van der Waals surface area contributed by atoms with Crippen molar-refractivity contribution in [1.82, 2.24) is 4.90 Å². The van der Waals surface area contributed by atoms with Gasteiger partial charge in [-0.2, -0.15) is 0 Å². The van der Waals surface area contributed by atoms with Gasteiger partial charge in [-0.15, -0.1) is 0 Å². The molecule has 0 saturated carbocycles. The van der Waals surface area contributed by atoms with Gasteiger partial charge < -0.3 is 9.64 Å². The molecule has 0 unspecified atom stereocenters. The largest absolute Gasteiger partial charge is 0.366 e. The molecule has 3 heteroatoms. The molecule has 1 aromatic carbocycles. The molecule has 0 heterocycles. The van der Waals surface area contributed by atoms with Crippen LogP contribution in [-0.2, 0) is 21.5 Å². The van der Waals surface area contributed by atoms with Crippen LogP contribution in [0.2, 0.25) is 0 Å². The van der Waals surface area contributed by atoms with Gasteiger partial charge in [0.1, 0.15) is 6.61 Å². The van der Waals surface area contributed by atoms with Gasteiger partial charge >= 0.3 is 0 Å². The standard InChI is InChI=1S/C18H29NO2/c1-17(2,3)15-10-8-14(9-11-15)12-19(7)16(20)13-21-18(4,5)6/h8-11H,12-13H2,1-7H3. The number of carbonyl (C=O) groups excluding carboxylic acids is 1. The van der Waals surface area contributed by atoms with E-state index in [1.807, 2.05) is 27.8 Å². The van der Waals surface area contributed by atoms with Crippen molar-refractivity contribution in [3.63, 3.8) is 0 Å². The molecule has 0 fully saturated rings. The van der Waals surface area contributed by atoms with Crippen molar-refractivity contribution in [2.45, 2.75) is 59.1 Å². The molecule has 0 aromatic heterocycles. The van der Waals surface area contributed by atoms with E-state index in [0.29, 0.717) is 6.54 Å². The lowest BCUT2D eigenvalue weighted by Crippen LogP contribution is -2.33. The van der Waals surface area contributed by atoms with Gasteiger partial charge in [-0.05, 0) is 37.3 Å². The number of rotatable bonds is 4. The number of benzene rings is 1. The zero-order valence-electron chi connectivity index (χ0n) is 14.5. The monoisotopic (exact) mass is 291 g/mol. The minimum absolute atomic E-state index is 0.00447. The van der Waals surface area contributed by atoms with Gasteiger partial charge in [0.2, 0.25) is 5.91 Å². The number of likely N-dealkylation sites (N-methyl/N-ethyl adjacent to an activating group) is 1. The second-order valence-electron chi connectivity index (χ2n) is 7.60. The highest BCUT2D eigenvalue weighted by Crippen LogP contribution is 2.22. The van der Waals surface area contributed by atoms with Crippen LogP contribution in [0.1, 0.15) is 52.7 Å². The van der Waals surface area contributed by atoms with Crippen LogP contribution >= 0.6 is 0 Å². The van der Waals surface area contributed by atoms with Crippen LogP contribution in [0, 0.1) is 0 Å². The third-order valence-corrected chi connectivity index (χ3v) is 3.29. The third kappa shape index (κ3) is 6.30. The smallest absolute Gasteiger partial charge is 0.248 e. The fraction of sp³-hybridized carbons (Fsp3) is 0.611. The molecule has 0 atom stereocenters. The maximum Gasteiger partial charge on any atom is 0.248 e. The molecule has 1 aromatic rings. The van der Waals surface area contributed by atoms with E-state index in [4.69, 9.17) is 4.74 Å². The average Bonchev–Trinajstić information content (AvgIpc) is 2.34. The molecular weight excluding hydrogens is 262 g/mol. The molecule has 0 N–H and O–H groups in total. The van der Waals surface area contributed by atoms with Crippen molar-refractivity contribution < 1.29 is 9.53 Å². The molecule has 21 heavy (non-hydrogen) atoms. The van der Waals surface area contributed by atoms with Crippen molar-refractivity contribution in [2.75, 3.05) is 13.7 Å². The average molecular weight is 291 g/mol. The Balaban J connectivity index is 2.58. The Bertz CT molecular complexity index is 463. The normalized spacial score (nSPS) is 12.3. The van der Waals surface area contributed by atoms with E-state index in [-0.39, 0.29) is 23.5 Å². The van der Waals surface area contributed by atoms with Crippen LogP contribution in [0.5, 0.6) is 0 Å². The summed E-state index contributed by atoms with van der Waals surface area (Å²) in [5.74, 6) is 0.00447. The van der Waals surface area contributed by atoms with Gasteiger partial charge in [0.05, 0.1) is 5.60 Å². The van der Waals surface area contributed by atoms with Gasteiger partial charge in [0.25, 0.3) is 0 Å². The maximum atomic E-state index is 12.0. The molecule has 0 aliphatic rings. The lowest BCUT2D eigenvalue weighted by atomic mass is 9.87. The predicted molar refractivity (Wildman–Crippen MR) is 87.3 cm³/mol. The molecule has 1 rings (SSSR count). The number of amides is 1. The number of hydrogen-bond acceptors (Lipinski definition) is 2. The zero-order valence-corrected chi connectivity index (χ0v) is 14.5. The van der Waals surface area contributed by atoms with E-state index >= 15 is 0 Å². The van der Waals surface area contributed by atoms with Gasteiger partial charge in [-0.1, -0.05) is 45.0 Å². The van der Waals surface area contributed by atoms with Crippen LogP contribution in [0.3, 0.4) is 0 Å². The van der Waals surface area contributed by atoms with Gasteiger partial charge in [0, 0.05) is 13.6 Å². The molecule has 118 valence electrons. The molecule has 0 spiro atoms. The Labute approximate surface area is 129 Å². The third-order valence-electron chi connectivity index (χ3n) is 3.29. The molecule has 3 nitrogen and oxygen atoms in total. The number of carbonyl (C=O) groups is 1. The summed E-state index contributed by atoms with van der Waals surface area (Å²) in [4.78, 5) is 13.7. The number of nitrogens with zero attached hydrogens (tertiary/aromatic N) is 1. The second kappa shape index (κ2) is 6.61. The van der Waals surface area contributed by atoms with E-state index in [2.05, 4.69) is 45.0 Å². The topological polar surface area (TPSA) is 29.5 Å². The van der Waals surface area contributed by atoms with Crippen LogP contribution in [0.4, 0.5) is 0 Å². The minimum atomic E-state index is -0.287. The Hall–Kier alpha value is -1.35. The highest BCUT2D eigenvalue weighted by molar-refractivity contribution is 5.77. The van der Waals surface area contributed by atoms with E-state index in [1.165, 1.54) is 5.56 Å². The second-order valence-corrected chi connectivity index (χ2v) is 7.60. The van der Waals surface area contributed by atoms with Crippen molar-refractivity contribution in [3.05, 3.63) is 35.4 Å². The summed E-state index contributed by atoms with van der Waals surface area (Å²) in [6, 6.07) is 8.46. The first-order valence-electron chi connectivity index (χ1n) is 7.46.